The maximum absolute atomic E-state index is 5.69. The highest BCUT2D eigenvalue weighted by atomic mass is 15.2. The Kier molecular flexibility index (Phi) is 2.18. The van der Waals surface area contributed by atoms with Crippen molar-refractivity contribution >= 4 is 0 Å². The largest absolute Gasteiger partial charge is 0.271 e. The van der Waals surface area contributed by atoms with Crippen LogP contribution in [-0.4, -0.2) is 6.04 Å². The molecule has 3 N–H and O–H groups in total. The van der Waals surface area contributed by atoms with Gasteiger partial charge in [0, 0.05) is 6.04 Å². The summed E-state index contributed by atoms with van der Waals surface area (Å²) in [6, 6.07) is 0.501. The molecule has 0 spiro atoms. The third-order valence-corrected chi connectivity index (χ3v) is 5.04. The van der Waals surface area contributed by atoms with Crippen LogP contribution in [0.1, 0.15) is 32.6 Å². The molecule has 3 aliphatic carbocycles. The molecule has 0 radical (unpaired) electrons. The second-order valence-corrected chi connectivity index (χ2v) is 6.00. The Morgan fingerprint density at radius 1 is 1.40 bits per heavy atom. The topological polar surface area (TPSA) is 38.0 Å². The van der Waals surface area contributed by atoms with Gasteiger partial charge < -0.3 is 0 Å². The predicted molar refractivity (Wildman–Crippen MR) is 61.8 cm³/mol. The number of rotatable bonds is 4. The number of hydrazine groups is 1. The first-order valence-corrected chi connectivity index (χ1v) is 6.33. The van der Waals surface area contributed by atoms with Crippen LogP contribution in [0, 0.1) is 29.6 Å². The summed E-state index contributed by atoms with van der Waals surface area (Å²) in [6.45, 7) is 6.11. The first-order chi connectivity index (χ1) is 7.22. The van der Waals surface area contributed by atoms with Crippen LogP contribution < -0.4 is 11.3 Å². The quantitative estimate of drug-likeness (QED) is 0.420. The lowest BCUT2D eigenvalue weighted by Gasteiger charge is -2.19. The fourth-order valence-corrected chi connectivity index (χ4v) is 4.61. The van der Waals surface area contributed by atoms with E-state index in [0.29, 0.717) is 6.04 Å². The molecule has 2 bridgehead atoms. The van der Waals surface area contributed by atoms with Crippen LogP contribution in [0.4, 0.5) is 0 Å². The van der Waals surface area contributed by atoms with Gasteiger partial charge in [0.15, 0.2) is 0 Å². The summed E-state index contributed by atoms with van der Waals surface area (Å²) in [7, 11) is 0. The lowest BCUT2D eigenvalue weighted by Crippen LogP contribution is -2.38. The molecule has 15 heavy (non-hydrogen) atoms. The Bertz CT molecular complexity index is 270. The van der Waals surface area contributed by atoms with Gasteiger partial charge in [-0.2, -0.15) is 0 Å². The Morgan fingerprint density at radius 3 is 2.47 bits per heavy atom. The molecule has 3 rings (SSSR count). The van der Waals surface area contributed by atoms with Gasteiger partial charge in [-0.3, -0.25) is 11.3 Å². The molecule has 5 atom stereocenters. The van der Waals surface area contributed by atoms with E-state index in [9.17, 15) is 0 Å². The van der Waals surface area contributed by atoms with E-state index in [-0.39, 0.29) is 0 Å². The van der Waals surface area contributed by atoms with Gasteiger partial charge in [-0.1, -0.05) is 5.57 Å². The molecule has 3 aliphatic rings. The Morgan fingerprint density at radius 2 is 2.00 bits per heavy atom. The highest BCUT2D eigenvalue weighted by molar-refractivity contribution is 5.16. The Balaban J connectivity index is 1.67. The van der Waals surface area contributed by atoms with Gasteiger partial charge in [0.25, 0.3) is 0 Å². The lowest BCUT2D eigenvalue weighted by atomic mass is 9.94. The van der Waals surface area contributed by atoms with Gasteiger partial charge in [-0.25, -0.2) is 0 Å². The van der Waals surface area contributed by atoms with Gasteiger partial charge in [-0.05, 0) is 62.2 Å². The van der Waals surface area contributed by atoms with Crippen molar-refractivity contribution in [2.24, 2.45) is 35.4 Å². The first-order valence-electron chi connectivity index (χ1n) is 6.33. The molecule has 0 heterocycles. The van der Waals surface area contributed by atoms with Crippen LogP contribution >= 0.6 is 0 Å². The SMILES string of the molecule is C=C(C)CC(NN)C1C2C3CCC(C3)C21. The van der Waals surface area contributed by atoms with Gasteiger partial charge in [0.1, 0.15) is 0 Å². The number of hydrogen-bond acceptors (Lipinski definition) is 2. The normalized spacial score (nSPS) is 47.7. The van der Waals surface area contributed by atoms with E-state index in [1.54, 1.807) is 0 Å². The zero-order chi connectivity index (χ0) is 10.6. The van der Waals surface area contributed by atoms with Crippen molar-refractivity contribution in [3.63, 3.8) is 0 Å². The van der Waals surface area contributed by atoms with Crippen LogP contribution in [-0.2, 0) is 0 Å². The smallest absolute Gasteiger partial charge is 0.0281 e. The van der Waals surface area contributed by atoms with Crippen molar-refractivity contribution in [3.05, 3.63) is 12.2 Å². The molecular formula is C13H22N2. The molecule has 3 fully saturated rings. The fourth-order valence-electron chi connectivity index (χ4n) is 4.61. The maximum Gasteiger partial charge on any atom is 0.0281 e. The summed E-state index contributed by atoms with van der Waals surface area (Å²) in [5.41, 5.74) is 4.29. The van der Waals surface area contributed by atoms with Crippen molar-refractivity contribution in [1.82, 2.24) is 5.43 Å². The van der Waals surface area contributed by atoms with E-state index in [4.69, 9.17) is 5.84 Å². The minimum Gasteiger partial charge on any atom is -0.271 e. The molecule has 2 nitrogen and oxygen atoms in total. The summed E-state index contributed by atoms with van der Waals surface area (Å²) in [5, 5.41) is 0. The van der Waals surface area contributed by atoms with Gasteiger partial charge in [0.2, 0.25) is 0 Å². The summed E-state index contributed by atoms with van der Waals surface area (Å²) in [4.78, 5) is 0. The highest BCUT2D eigenvalue weighted by Crippen LogP contribution is 2.70. The summed E-state index contributed by atoms with van der Waals surface area (Å²) < 4.78 is 0. The van der Waals surface area contributed by atoms with Crippen molar-refractivity contribution in [2.75, 3.05) is 0 Å². The summed E-state index contributed by atoms with van der Waals surface area (Å²) >= 11 is 0. The van der Waals surface area contributed by atoms with Crippen LogP contribution in [0.3, 0.4) is 0 Å². The highest BCUT2D eigenvalue weighted by Gasteiger charge is 2.66. The molecule has 0 amide bonds. The van der Waals surface area contributed by atoms with Crippen molar-refractivity contribution in [3.8, 4) is 0 Å². The number of nitrogens with two attached hydrogens (primary N) is 1. The molecule has 2 heteroatoms. The zero-order valence-electron chi connectivity index (χ0n) is 9.58. The fraction of sp³-hybridized carbons (Fsp3) is 0.846. The Hall–Kier alpha value is -0.340. The average Bonchev–Trinajstić information content (AvgIpc) is 2.64. The number of hydrogen-bond donors (Lipinski definition) is 2. The second-order valence-electron chi connectivity index (χ2n) is 6.00. The summed E-state index contributed by atoms with van der Waals surface area (Å²) in [6.07, 6.45) is 5.57. The third kappa shape index (κ3) is 1.38. The monoisotopic (exact) mass is 206 g/mol. The van der Waals surface area contributed by atoms with Crippen molar-refractivity contribution in [1.29, 1.82) is 0 Å². The van der Waals surface area contributed by atoms with Crippen molar-refractivity contribution < 1.29 is 0 Å². The third-order valence-electron chi connectivity index (χ3n) is 5.04. The van der Waals surface area contributed by atoms with E-state index in [1.165, 1.54) is 24.8 Å². The van der Waals surface area contributed by atoms with E-state index < -0.39 is 0 Å². The number of fused-ring (bicyclic) bond motifs is 5. The standard InChI is InChI=1S/C13H22N2/c1-7(2)5-10(15-14)13-11-8-3-4-9(6-8)12(11)13/h8-13,15H,1,3-6,14H2,2H3. The van der Waals surface area contributed by atoms with Crippen LogP contribution in [0.5, 0.6) is 0 Å². The van der Waals surface area contributed by atoms with Crippen LogP contribution in [0.25, 0.3) is 0 Å². The number of nitrogens with one attached hydrogen (secondary N) is 1. The van der Waals surface area contributed by atoms with Crippen LogP contribution in [0.2, 0.25) is 0 Å². The minimum absolute atomic E-state index is 0.501. The van der Waals surface area contributed by atoms with Gasteiger partial charge in [0.05, 0.1) is 0 Å². The molecule has 0 aliphatic heterocycles. The van der Waals surface area contributed by atoms with Gasteiger partial charge in [-0.15, -0.1) is 6.58 Å². The molecule has 0 saturated heterocycles. The van der Waals surface area contributed by atoms with E-state index in [1.807, 2.05) is 0 Å². The zero-order valence-corrected chi connectivity index (χ0v) is 9.58. The first kappa shape index (κ1) is 9.86. The second kappa shape index (κ2) is 3.33. The van der Waals surface area contributed by atoms with Crippen molar-refractivity contribution in [2.45, 2.75) is 38.6 Å². The Labute approximate surface area is 92.3 Å². The molecule has 0 aromatic heterocycles. The molecule has 5 unspecified atom stereocenters. The lowest BCUT2D eigenvalue weighted by molar-refractivity contribution is 0.364. The van der Waals surface area contributed by atoms with E-state index >= 15 is 0 Å². The molecule has 0 aromatic rings. The minimum atomic E-state index is 0.501. The van der Waals surface area contributed by atoms with E-state index in [0.717, 1.165) is 36.0 Å². The van der Waals surface area contributed by atoms with E-state index in [2.05, 4.69) is 18.9 Å². The summed E-state index contributed by atoms with van der Waals surface area (Å²) in [5.74, 6) is 10.7. The molecule has 0 aromatic carbocycles. The molecule has 3 saturated carbocycles. The van der Waals surface area contributed by atoms with Crippen LogP contribution in [0.15, 0.2) is 12.2 Å². The average molecular weight is 206 g/mol. The molecular weight excluding hydrogens is 184 g/mol. The predicted octanol–water partition coefficient (Wildman–Crippen LogP) is 2.08. The molecule has 84 valence electrons. The maximum atomic E-state index is 5.69. The van der Waals surface area contributed by atoms with Gasteiger partial charge >= 0.3 is 0 Å².